The lowest BCUT2D eigenvalue weighted by Gasteiger charge is -2.13. The van der Waals surface area contributed by atoms with Gasteiger partial charge >= 0.3 is 0 Å². The van der Waals surface area contributed by atoms with Gasteiger partial charge in [-0.2, -0.15) is 0 Å². The van der Waals surface area contributed by atoms with Gasteiger partial charge in [-0.05, 0) is 6.42 Å². The first-order valence-corrected chi connectivity index (χ1v) is 4.17. The van der Waals surface area contributed by atoms with Crippen molar-refractivity contribution in [3.05, 3.63) is 0 Å². The molecule has 1 N–H and O–H groups in total. The summed E-state index contributed by atoms with van der Waals surface area (Å²) in [6, 6.07) is 0. The zero-order valence-electron chi connectivity index (χ0n) is 6.95. The van der Waals surface area contributed by atoms with Crippen molar-refractivity contribution < 1.29 is 14.6 Å². The minimum atomic E-state index is -0.0102. The average molecular weight is 160 g/mol. The second-order valence-electron chi connectivity index (χ2n) is 3.06. The van der Waals surface area contributed by atoms with Crippen LogP contribution in [0.2, 0.25) is 0 Å². The van der Waals surface area contributed by atoms with Crippen LogP contribution in [0.5, 0.6) is 0 Å². The predicted octanol–water partition coefficient (Wildman–Crippen LogP) is 0.768. The van der Waals surface area contributed by atoms with E-state index in [-0.39, 0.29) is 18.8 Å². The van der Waals surface area contributed by atoms with E-state index >= 15 is 0 Å². The molecule has 0 bridgehead atoms. The van der Waals surface area contributed by atoms with E-state index < -0.39 is 0 Å². The van der Waals surface area contributed by atoms with Gasteiger partial charge in [-0.3, -0.25) is 0 Å². The summed E-state index contributed by atoms with van der Waals surface area (Å²) in [5.74, 6) is 0.221. The molecule has 1 heterocycles. The van der Waals surface area contributed by atoms with Crippen molar-refractivity contribution in [2.75, 3.05) is 19.8 Å². The van der Waals surface area contributed by atoms with Crippen molar-refractivity contribution >= 4 is 0 Å². The van der Waals surface area contributed by atoms with Gasteiger partial charge in [0, 0.05) is 25.6 Å². The van der Waals surface area contributed by atoms with E-state index in [9.17, 15) is 0 Å². The molecule has 1 aliphatic heterocycles. The van der Waals surface area contributed by atoms with Crippen LogP contribution in [-0.4, -0.2) is 31.2 Å². The Kier molecular flexibility index (Phi) is 3.83. The highest BCUT2D eigenvalue weighted by atomic mass is 16.7. The molecule has 3 heteroatoms. The molecule has 1 fully saturated rings. The maximum atomic E-state index is 8.69. The molecule has 0 saturated carbocycles. The van der Waals surface area contributed by atoms with E-state index in [1.54, 1.807) is 0 Å². The third-order valence-electron chi connectivity index (χ3n) is 1.77. The Labute approximate surface area is 67.3 Å². The quantitative estimate of drug-likeness (QED) is 0.660. The Morgan fingerprint density at radius 2 is 2.55 bits per heavy atom. The van der Waals surface area contributed by atoms with E-state index in [1.807, 2.05) is 6.92 Å². The molecular weight excluding hydrogens is 144 g/mol. The first-order chi connectivity index (χ1) is 5.33. The minimum absolute atomic E-state index is 0.0102. The Morgan fingerprint density at radius 3 is 3.09 bits per heavy atom. The van der Waals surface area contributed by atoms with Crippen LogP contribution >= 0.6 is 0 Å². The summed E-state index contributed by atoms with van der Waals surface area (Å²) < 4.78 is 10.6. The summed E-state index contributed by atoms with van der Waals surface area (Å²) in [5, 5.41) is 8.69. The maximum Gasteiger partial charge on any atom is 0.157 e. The van der Waals surface area contributed by atoms with Crippen molar-refractivity contribution in [2.24, 2.45) is 5.92 Å². The normalized spacial score (nSPS) is 27.3. The van der Waals surface area contributed by atoms with E-state index in [1.165, 1.54) is 0 Å². The van der Waals surface area contributed by atoms with Gasteiger partial charge in [-0.25, -0.2) is 0 Å². The number of rotatable bonds is 4. The van der Waals surface area contributed by atoms with Gasteiger partial charge in [0.25, 0.3) is 0 Å². The highest BCUT2D eigenvalue weighted by molar-refractivity contribution is 4.55. The number of hydrogen-bond donors (Lipinski definition) is 1. The van der Waals surface area contributed by atoms with E-state index in [0.29, 0.717) is 6.61 Å². The third-order valence-corrected chi connectivity index (χ3v) is 1.77. The van der Waals surface area contributed by atoms with Crippen molar-refractivity contribution in [1.82, 2.24) is 0 Å². The molecule has 3 nitrogen and oxygen atoms in total. The molecule has 0 amide bonds. The van der Waals surface area contributed by atoms with E-state index in [4.69, 9.17) is 14.6 Å². The second kappa shape index (κ2) is 4.70. The van der Waals surface area contributed by atoms with Crippen LogP contribution in [0.4, 0.5) is 0 Å². The van der Waals surface area contributed by atoms with Crippen LogP contribution in [0.1, 0.15) is 19.8 Å². The van der Waals surface area contributed by atoms with Crippen molar-refractivity contribution in [1.29, 1.82) is 0 Å². The summed E-state index contributed by atoms with van der Waals surface area (Å²) in [6.45, 7) is 3.56. The number of hydrogen-bond acceptors (Lipinski definition) is 3. The van der Waals surface area contributed by atoms with Crippen LogP contribution in [-0.2, 0) is 9.47 Å². The van der Waals surface area contributed by atoms with Gasteiger partial charge in [0.2, 0.25) is 0 Å². The smallest absolute Gasteiger partial charge is 0.157 e. The van der Waals surface area contributed by atoms with Crippen molar-refractivity contribution in [2.45, 2.75) is 26.1 Å². The molecule has 66 valence electrons. The minimum Gasteiger partial charge on any atom is -0.396 e. The van der Waals surface area contributed by atoms with Crippen LogP contribution in [0.15, 0.2) is 0 Å². The van der Waals surface area contributed by atoms with Gasteiger partial charge in [-0.1, -0.05) is 6.92 Å². The van der Waals surface area contributed by atoms with Gasteiger partial charge in [0.1, 0.15) is 0 Å². The number of aliphatic hydroxyl groups excluding tert-OH is 1. The largest absolute Gasteiger partial charge is 0.396 e. The van der Waals surface area contributed by atoms with Crippen LogP contribution in [0.3, 0.4) is 0 Å². The van der Waals surface area contributed by atoms with Gasteiger partial charge in [0.05, 0.1) is 6.61 Å². The van der Waals surface area contributed by atoms with Crippen molar-refractivity contribution in [3.63, 3.8) is 0 Å². The lowest BCUT2D eigenvalue weighted by molar-refractivity contribution is -0.121. The Bertz CT molecular complexity index is 99.5. The lowest BCUT2D eigenvalue weighted by Crippen LogP contribution is -2.17. The molecule has 0 aromatic carbocycles. The molecule has 0 radical (unpaired) electrons. The van der Waals surface area contributed by atoms with Crippen molar-refractivity contribution in [3.8, 4) is 0 Å². The maximum absolute atomic E-state index is 8.69. The fraction of sp³-hybridized carbons (Fsp3) is 1.00. The fourth-order valence-corrected chi connectivity index (χ4v) is 1.00. The SMILES string of the molecule is CC(CO)COC1CCCO1. The second-order valence-corrected chi connectivity index (χ2v) is 3.06. The molecule has 1 saturated heterocycles. The molecule has 1 rings (SSSR count). The summed E-state index contributed by atoms with van der Waals surface area (Å²) in [6.07, 6.45) is 2.08. The lowest BCUT2D eigenvalue weighted by atomic mass is 10.2. The summed E-state index contributed by atoms with van der Waals surface area (Å²) in [5.41, 5.74) is 0. The van der Waals surface area contributed by atoms with Gasteiger partial charge < -0.3 is 14.6 Å². The Balaban J connectivity index is 2.01. The standard InChI is InChI=1S/C8H16O3/c1-7(5-9)6-11-8-3-2-4-10-8/h7-9H,2-6H2,1H3. The molecule has 0 aliphatic carbocycles. The highest BCUT2D eigenvalue weighted by Gasteiger charge is 2.16. The fourth-order valence-electron chi connectivity index (χ4n) is 1.00. The molecule has 0 aromatic rings. The first-order valence-electron chi connectivity index (χ1n) is 4.17. The van der Waals surface area contributed by atoms with Gasteiger partial charge in [-0.15, -0.1) is 0 Å². The van der Waals surface area contributed by atoms with Crippen LogP contribution in [0.25, 0.3) is 0 Å². The molecular formula is C8H16O3. The summed E-state index contributed by atoms with van der Waals surface area (Å²) >= 11 is 0. The van der Waals surface area contributed by atoms with Gasteiger partial charge in [0.15, 0.2) is 6.29 Å². The Hall–Kier alpha value is -0.120. The number of ether oxygens (including phenoxy) is 2. The summed E-state index contributed by atoms with van der Waals surface area (Å²) in [4.78, 5) is 0. The molecule has 2 atom stereocenters. The third kappa shape index (κ3) is 3.18. The topological polar surface area (TPSA) is 38.7 Å². The predicted molar refractivity (Wildman–Crippen MR) is 41.2 cm³/mol. The van der Waals surface area contributed by atoms with Crippen LogP contribution < -0.4 is 0 Å². The van der Waals surface area contributed by atoms with E-state index in [2.05, 4.69) is 0 Å². The van der Waals surface area contributed by atoms with Crippen LogP contribution in [0, 0.1) is 5.92 Å². The summed E-state index contributed by atoms with van der Waals surface area (Å²) in [7, 11) is 0. The average Bonchev–Trinajstić information content (AvgIpc) is 2.52. The van der Waals surface area contributed by atoms with E-state index in [0.717, 1.165) is 19.4 Å². The zero-order chi connectivity index (χ0) is 8.10. The molecule has 11 heavy (non-hydrogen) atoms. The number of aliphatic hydroxyl groups is 1. The molecule has 0 aromatic heterocycles. The first kappa shape index (κ1) is 8.97. The Morgan fingerprint density at radius 1 is 1.73 bits per heavy atom. The monoisotopic (exact) mass is 160 g/mol. The molecule has 1 aliphatic rings. The highest BCUT2D eigenvalue weighted by Crippen LogP contribution is 2.13. The zero-order valence-corrected chi connectivity index (χ0v) is 6.95. The molecule has 2 unspecified atom stereocenters. The molecule has 0 spiro atoms.